The molecule has 5 heteroatoms. The summed E-state index contributed by atoms with van der Waals surface area (Å²) in [7, 11) is 0. The number of hydrogen-bond acceptors (Lipinski definition) is 3. The quantitative estimate of drug-likeness (QED) is 0.190. The molecule has 46 heavy (non-hydrogen) atoms. The largest absolute Gasteiger partial charge is 0.457 e. The van der Waals surface area contributed by atoms with Gasteiger partial charge >= 0.3 is 0 Å². The molecule has 0 aliphatic carbocycles. The molecule has 0 unspecified atom stereocenters. The zero-order chi connectivity index (χ0) is 32.2. The Kier molecular flexibility index (Phi) is 7.28. The van der Waals surface area contributed by atoms with Crippen LogP contribution in [0.2, 0.25) is 0 Å². The van der Waals surface area contributed by atoms with Gasteiger partial charge in [-0.3, -0.25) is 4.57 Å². The minimum absolute atomic E-state index is 0.110. The Morgan fingerprint density at radius 1 is 0.696 bits per heavy atom. The third-order valence-electron chi connectivity index (χ3n) is 8.54. The fraction of sp³-hybridized carbons (Fsp3) is 0.220. The number of rotatable bonds is 6. The van der Waals surface area contributed by atoms with Crippen molar-refractivity contribution in [3.63, 3.8) is 0 Å². The first-order chi connectivity index (χ1) is 22.0. The van der Waals surface area contributed by atoms with Crippen LogP contribution < -0.4 is 4.74 Å². The summed E-state index contributed by atoms with van der Waals surface area (Å²) >= 11 is 0. The second-order valence-corrected chi connectivity index (χ2v) is 13.7. The number of hydrogen-bond donors (Lipinski definition) is 0. The van der Waals surface area contributed by atoms with E-state index in [4.69, 9.17) is 14.8 Å². The maximum absolute atomic E-state index is 6.72. The summed E-state index contributed by atoms with van der Waals surface area (Å²) in [5.74, 6) is 2.46. The van der Waals surface area contributed by atoms with Crippen molar-refractivity contribution in [2.75, 3.05) is 0 Å². The number of benzene rings is 4. The molecule has 3 aromatic heterocycles. The lowest BCUT2D eigenvalue weighted by molar-refractivity contribution is 0.409. The maximum atomic E-state index is 6.72. The normalized spacial score (nSPS) is 11.9. The van der Waals surface area contributed by atoms with Gasteiger partial charge in [0.1, 0.15) is 17.3 Å². The van der Waals surface area contributed by atoms with E-state index in [0.717, 1.165) is 51.8 Å². The molecule has 0 fully saturated rings. The van der Waals surface area contributed by atoms with Crippen LogP contribution in [0.15, 0.2) is 103 Å². The lowest BCUT2D eigenvalue weighted by Crippen LogP contribution is -2.10. The van der Waals surface area contributed by atoms with Gasteiger partial charge < -0.3 is 4.74 Å². The first-order valence-corrected chi connectivity index (χ1v) is 16.0. The highest BCUT2D eigenvalue weighted by atomic mass is 16.5. The Balaban J connectivity index is 1.35. The Morgan fingerprint density at radius 3 is 2.24 bits per heavy atom. The third-order valence-corrected chi connectivity index (χ3v) is 8.54. The first kappa shape index (κ1) is 29.5. The number of fused-ring (bicyclic) bond motifs is 3. The van der Waals surface area contributed by atoms with Gasteiger partial charge in [0.15, 0.2) is 0 Å². The van der Waals surface area contributed by atoms with Crippen molar-refractivity contribution in [1.82, 2.24) is 19.3 Å². The van der Waals surface area contributed by atoms with Crippen molar-refractivity contribution in [1.29, 1.82) is 0 Å². The van der Waals surface area contributed by atoms with Crippen LogP contribution in [0, 0.1) is 33.1 Å². The van der Waals surface area contributed by atoms with Crippen molar-refractivity contribution >= 4 is 21.8 Å². The van der Waals surface area contributed by atoms with Crippen LogP contribution in [-0.4, -0.2) is 19.3 Å². The van der Waals surface area contributed by atoms with Gasteiger partial charge in [0.05, 0.1) is 22.4 Å². The molecule has 0 bridgehead atoms. The van der Waals surface area contributed by atoms with Crippen LogP contribution in [0.3, 0.4) is 0 Å². The molecule has 0 radical (unpaired) electrons. The molecule has 7 rings (SSSR count). The standard InChI is InChI=1S/C41H40N4O/c1-26-13-16-37-36(19-26)35-15-14-33(24-38(35)44(37)39-20-27(2)17-18-42-39)46-34-22-30(25-41(5,6)7)21-32(23-34)45-29(4)40(28(3)43-45)31-11-9-8-10-12-31/h8-24H,25H2,1-7H3. The number of pyridine rings is 1. The van der Waals surface area contributed by atoms with Gasteiger partial charge in [-0.1, -0.05) is 62.7 Å². The number of aromatic nitrogens is 4. The van der Waals surface area contributed by atoms with E-state index < -0.39 is 0 Å². The minimum Gasteiger partial charge on any atom is -0.457 e. The highest BCUT2D eigenvalue weighted by Gasteiger charge is 2.19. The van der Waals surface area contributed by atoms with E-state index in [1.807, 2.05) is 18.3 Å². The Morgan fingerprint density at radius 2 is 1.48 bits per heavy atom. The highest BCUT2D eigenvalue weighted by molar-refractivity contribution is 6.09. The van der Waals surface area contributed by atoms with Gasteiger partial charge in [-0.25, -0.2) is 9.67 Å². The van der Waals surface area contributed by atoms with E-state index >= 15 is 0 Å². The second kappa shape index (κ2) is 11.3. The zero-order valence-electron chi connectivity index (χ0n) is 27.7. The Labute approximate surface area is 271 Å². The fourth-order valence-electron chi connectivity index (χ4n) is 6.66. The number of nitrogens with zero attached hydrogens (tertiary/aromatic N) is 4. The molecule has 0 spiro atoms. The molecule has 0 aliphatic rings. The third kappa shape index (κ3) is 5.58. The van der Waals surface area contributed by atoms with E-state index in [2.05, 4.69) is 143 Å². The van der Waals surface area contributed by atoms with Gasteiger partial charge in [-0.2, -0.15) is 5.10 Å². The van der Waals surface area contributed by atoms with E-state index in [1.165, 1.54) is 38.6 Å². The Bertz CT molecular complexity index is 2230. The molecule has 5 nitrogen and oxygen atoms in total. The molecule has 0 saturated carbocycles. The molecule has 7 aromatic rings. The summed E-state index contributed by atoms with van der Waals surface area (Å²) in [6.45, 7) is 15.3. The van der Waals surface area contributed by atoms with Crippen molar-refractivity contribution < 1.29 is 4.74 Å². The summed E-state index contributed by atoms with van der Waals surface area (Å²) in [4.78, 5) is 4.76. The molecular formula is C41H40N4O. The van der Waals surface area contributed by atoms with Crippen LogP contribution in [0.5, 0.6) is 11.5 Å². The zero-order valence-corrected chi connectivity index (χ0v) is 27.7. The average Bonchev–Trinajstić information content (AvgIpc) is 3.48. The summed E-state index contributed by atoms with van der Waals surface area (Å²) in [5, 5.41) is 7.40. The fourth-order valence-corrected chi connectivity index (χ4v) is 6.66. The topological polar surface area (TPSA) is 44.9 Å². The van der Waals surface area contributed by atoms with Gasteiger partial charge in [0, 0.05) is 40.4 Å². The number of ether oxygens (including phenoxy) is 1. The Hall–Kier alpha value is -5.16. The molecule has 0 aliphatic heterocycles. The molecule has 0 amide bonds. The molecule has 0 atom stereocenters. The average molecular weight is 605 g/mol. The minimum atomic E-state index is 0.110. The van der Waals surface area contributed by atoms with Gasteiger partial charge in [0.2, 0.25) is 0 Å². The monoisotopic (exact) mass is 604 g/mol. The first-order valence-electron chi connectivity index (χ1n) is 16.0. The number of aryl methyl sites for hydroxylation is 3. The van der Waals surface area contributed by atoms with Crippen LogP contribution in [-0.2, 0) is 6.42 Å². The predicted molar refractivity (Wildman–Crippen MR) is 190 cm³/mol. The van der Waals surface area contributed by atoms with E-state index in [9.17, 15) is 0 Å². The van der Waals surface area contributed by atoms with Crippen LogP contribution >= 0.6 is 0 Å². The lowest BCUT2D eigenvalue weighted by Gasteiger charge is -2.20. The van der Waals surface area contributed by atoms with E-state index in [0.29, 0.717) is 0 Å². The van der Waals surface area contributed by atoms with Crippen molar-refractivity contribution in [3.8, 4) is 34.1 Å². The maximum Gasteiger partial charge on any atom is 0.137 e. The summed E-state index contributed by atoms with van der Waals surface area (Å²) < 4.78 is 11.0. The predicted octanol–water partition coefficient (Wildman–Crippen LogP) is 10.6. The molecule has 230 valence electrons. The highest BCUT2D eigenvalue weighted by Crippen LogP contribution is 2.37. The summed E-state index contributed by atoms with van der Waals surface area (Å²) in [6.07, 6.45) is 2.79. The van der Waals surface area contributed by atoms with Crippen molar-refractivity contribution in [2.45, 2.75) is 54.9 Å². The second-order valence-electron chi connectivity index (χ2n) is 13.7. The van der Waals surface area contributed by atoms with Gasteiger partial charge in [-0.15, -0.1) is 0 Å². The molecule has 4 aromatic carbocycles. The summed E-state index contributed by atoms with van der Waals surface area (Å²) in [6, 6.07) is 34.2. The molecule has 0 saturated heterocycles. The van der Waals surface area contributed by atoms with E-state index in [-0.39, 0.29) is 5.41 Å². The van der Waals surface area contributed by atoms with Crippen LogP contribution in [0.25, 0.3) is 44.4 Å². The molecule has 0 N–H and O–H groups in total. The van der Waals surface area contributed by atoms with Crippen LogP contribution in [0.1, 0.15) is 48.8 Å². The van der Waals surface area contributed by atoms with Gasteiger partial charge in [0.25, 0.3) is 0 Å². The van der Waals surface area contributed by atoms with Crippen LogP contribution in [0.4, 0.5) is 0 Å². The lowest BCUT2D eigenvalue weighted by atomic mass is 9.88. The van der Waals surface area contributed by atoms with E-state index in [1.54, 1.807) is 0 Å². The SMILES string of the molecule is Cc1ccnc(-n2c3ccc(C)cc3c3ccc(Oc4cc(CC(C)(C)C)cc(-n5nc(C)c(-c6ccccc6)c5C)c4)cc32)c1. The van der Waals surface area contributed by atoms with Gasteiger partial charge in [-0.05, 0) is 105 Å². The summed E-state index contributed by atoms with van der Waals surface area (Å²) in [5.41, 5.74) is 11.4. The molecule has 3 heterocycles. The smallest absolute Gasteiger partial charge is 0.137 e. The van der Waals surface area contributed by atoms with Crippen molar-refractivity contribution in [3.05, 3.63) is 131 Å². The molecular weight excluding hydrogens is 564 g/mol. The van der Waals surface area contributed by atoms with Crippen molar-refractivity contribution in [2.24, 2.45) is 5.41 Å².